The smallest absolute Gasteiger partial charge is 0.243 e. The highest BCUT2D eigenvalue weighted by Crippen LogP contribution is 2.44. The lowest BCUT2D eigenvalue weighted by molar-refractivity contribution is 0.213. The van der Waals surface area contributed by atoms with Gasteiger partial charge in [-0.15, -0.1) is 4.91 Å². The zero-order valence-corrected chi connectivity index (χ0v) is 17.2. The fourth-order valence-corrected chi connectivity index (χ4v) is 6.13. The van der Waals surface area contributed by atoms with Crippen LogP contribution in [0.15, 0.2) is 52.5 Å². The molecule has 4 aromatic rings. The van der Waals surface area contributed by atoms with Crippen LogP contribution in [0.3, 0.4) is 0 Å². The van der Waals surface area contributed by atoms with E-state index in [1.54, 1.807) is 24.3 Å². The Morgan fingerprint density at radius 2 is 1.87 bits per heavy atom. The molecule has 2 aromatic heterocycles. The molecule has 0 saturated carbocycles. The monoisotopic (exact) mass is 440 g/mol. The Hall–Kier alpha value is -3.21. The van der Waals surface area contributed by atoms with Crippen LogP contribution in [-0.4, -0.2) is 52.1 Å². The molecule has 0 amide bonds. The van der Waals surface area contributed by atoms with E-state index in [0.29, 0.717) is 46.9 Å². The molecule has 5 rings (SSSR count). The van der Waals surface area contributed by atoms with Crippen molar-refractivity contribution < 1.29 is 18.6 Å². The van der Waals surface area contributed by atoms with Gasteiger partial charge in [0.15, 0.2) is 5.88 Å². The number of hydrogen-bond acceptors (Lipinski definition) is 6. The quantitative estimate of drug-likeness (QED) is 0.351. The molecule has 9 nitrogen and oxygen atoms in total. The Kier molecular flexibility index (Phi) is 4.58. The van der Waals surface area contributed by atoms with Gasteiger partial charge in [0, 0.05) is 34.4 Å². The molecule has 1 saturated heterocycles. The van der Waals surface area contributed by atoms with Crippen molar-refractivity contribution in [2.24, 2.45) is 5.18 Å². The fraction of sp³-hybridized carbons (Fsp3) is 0.238. The average Bonchev–Trinajstić information content (AvgIpc) is 3.46. The number of aromatic nitrogens is 2. The molecule has 3 heterocycles. The van der Waals surface area contributed by atoms with E-state index in [-0.39, 0.29) is 28.6 Å². The molecule has 0 spiro atoms. The van der Waals surface area contributed by atoms with E-state index in [9.17, 15) is 23.5 Å². The van der Waals surface area contributed by atoms with Crippen LogP contribution >= 0.6 is 0 Å². The first-order chi connectivity index (χ1) is 15.0. The van der Waals surface area contributed by atoms with Crippen LogP contribution in [0.4, 0.5) is 5.69 Å². The predicted molar refractivity (Wildman–Crippen MR) is 117 cm³/mol. The van der Waals surface area contributed by atoms with Gasteiger partial charge >= 0.3 is 0 Å². The average molecular weight is 440 g/mol. The second-order valence-corrected chi connectivity index (χ2v) is 9.53. The minimum Gasteiger partial charge on any atom is -0.494 e. The highest BCUT2D eigenvalue weighted by Gasteiger charge is 2.35. The SMILES string of the molecule is O=Nc1c(-c2c(O)[nH]c3ccc(S(=O)(=O)N4CCCC4CO)cc23)[nH]c2ccccc12. The maximum atomic E-state index is 13.2. The summed E-state index contributed by atoms with van der Waals surface area (Å²) < 4.78 is 27.8. The molecule has 0 radical (unpaired) electrons. The number of nitrogens with one attached hydrogen (secondary N) is 2. The highest BCUT2D eigenvalue weighted by atomic mass is 32.2. The summed E-state index contributed by atoms with van der Waals surface area (Å²) in [5.74, 6) is -0.199. The van der Waals surface area contributed by atoms with Crippen molar-refractivity contribution in [1.29, 1.82) is 0 Å². The number of nitrogens with zero attached hydrogens (tertiary/aromatic N) is 2. The number of aliphatic hydroxyl groups excluding tert-OH is 1. The lowest BCUT2D eigenvalue weighted by Gasteiger charge is -2.22. The van der Waals surface area contributed by atoms with Gasteiger partial charge in [-0.2, -0.15) is 4.31 Å². The molecule has 0 aliphatic carbocycles. The first-order valence-electron chi connectivity index (χ1n) is 9.87. The molecule has 0 bridgehead atoms. The molecule has 31 heavy (non-hydrogen) atoms. The maximum Gasteiger partial charge on any atom is 0.243 e. The number of H-pyrrole nitrogens is 2. The van der Waals surface area contributed by atoms with Gasteiger partial charge in [0.05, 0.1) is 22.8 Å². The van der Waals surface area contributed by atoms with Crippen LogP contribution in [0.1, 0.15) is 12.8 Å². The zero-order valence-electron chi connectivity index (χ0n) is 16.4. The number of fused-ring (bicyclic) bond motifs is 2. The first kappa shape index (κ1) is 19.7. The van der Waals surface area contributed by atoms with E-state index in [0.717, 1.165) is 0 Å². The summed E-state index contributed by atoms with van der Waals surface area (Å²) in [7, 11) is -3.84. The molecular formula is C21H20N4O5S. The van der Waals surface area contributed by atoms with E-state index in [2.05, 4.69) is 15.1 Å². The Bertz CT molecular complexity index is 1420. The van der Waals surface area contributed by atoms with Crippen molar-refractivity contribution in [3.8, 4) is 17.1 Å². The van der Waals surface area contributed by atoms with Crippen molar-refractivity contribution in [3.05, 3.63) is 47.4 Å². The molecule has 10 heteroatoms. The lowest BCUT2D eigenvalue weighted by atomic mass is 10.1. The van der Waals surface area contributed by atoms with E-state index < -0.39 is 16.1 Å². The van der Waals surface area contributed by atoms with Gasteiger partial charge in [-0.05, 0) is 42.3 Å². The van der Waals surface area contributed by atoms with Gasteiger partial charge in [0.1, 0.15) is 5.69 Å². The zero-order chi connectivity index (χ0) is 21.8. The molecule has 4 N–H and O–H groups in total. The summed E-state index contributed by atoms with van der Waals surface area (Å²) in [5, 5.41) is 24.4. The summed E-state index contributed by atoms with van der Waals surface area (Å²) in [6, 6.07) is 11.2. The highest BCUT2D eigenvalue weighted by molar-refractivity contribution is 7.89. The largest absolute Gasteiger partial charge is 0.494 e. The number of nitroso groups, excluding NO2 is 1. The number of aromatic amines is 2. The van der Waals surface area contributed by atoms with Crippen LogP contribution < -0.4 is 0 Å². The van der Waals surface area contributed by atoms with Crippen LogP contribution in [0, 0.1) is 4.91 Å². The number of benzene rings is 2. The maximum absolute atomic E-state index is 13.2. The minimum absolute atomic E-state index is 0.0531. The van der Waals surface area contributed by atoms with E-state index >= 15 is 0 Å². The van der Waals surface area contributed by atoms with Gasteiger partial charge in [0.2, 0.25) is 10.0 Å². The van der Waals surface area contributed by atoms with Crippen LogP contribution in [-0.2, 0) is 10.0 Å². The molecular weight excluding hydrogens is 420 g/mol. The van der Waals surface area contributed by atoms with Crippen molar-refractivity contribution >= 4 is 37.5 Å². The lowest BCUT2D eigenvalue weighted by Crippen LogP contribution is -2.37. The second kappa shape index (κ2) is 7.19. The number of aliphatic hydroxyl groups is 1. The third-order valence-electron chi connectivity index (χ3n) is 5.91. The topological polar surface area (TPSA) is 139 Å². The van der Waals surface area contributed by atoms with Crippen LogP contribution in [0.25, 0.3) is 33.1 Å². The van der Waals surface area contributed by atoms with E-state index in [4.69, 9.17) is 0 Å². The van der Waals surface area contributed by atoms with E-state index in [1.165, 1.54) is 16.4 Å². The van der Waals surface area contributed by atoms with Gasteiger partial charge in [-0.25, -0.2) is 8.42 Å². The standard InChI is InChI=1S/C21H20N4O5S/c26-11-12-4-3-9-25(12)31(29,30)13-7-8-17-15(10-13)18(21(27)23-17)20-19(24-28)14-5-1-2-6-16(14)22-20/h1-2,5-8,10,12,22-23,26-27H,3-4,9,11H2. The van der Waals surface area contributed by atoms with Gasteiger partial charge in [-0.1, -0.05) is 18.2 Å². The number of hydrogen-bond donors (Lipinski definition) is 4. The van der Waals surface area contributed by atoms with Crippen LogP contribution in [0.2, 0.25) is 0 Å². The summed E-state index contributed by atoms with van der Waals surface area (Å²) in [5.41, 5.74) is 1.91. The Labute approximate surface area is 177 Å². The van der Waals surface area contributed by atoms with Crippen LogP contribution in [0.5, 0.6) is 5.88 Å². The molecule has 160 valence electrons. The molecule has 1 unspecified atom stereocenters. The molecule has 2 aromatic carbocycles. The van der Waals surface area contributed by atoms with Crippen molar-refractivity contribution in [2.45, 2.75) is 23.8 Å². The number of sulfonamides is 1. The first-order valence-corrected chi connectivity index (χ1v) is 11.3. The van der Waals surface area contributed by atoms with Crippen molar-refractivity contribution in [3.63, 3.8) is 0 Å². The fourth-order valence-electron chi connectivity index (χ4n) is 4.42. The predicted octanol–water partition coefficient (Wildman–Crippen LogP) is 3.57. The number of para-hydroxylation sites is 1. The minimum atomic E-state index is -3.84. The summed E-state index contributed by atoms with van der Waals surface area (Å²) in [6.07, 6.45) is 1.30. The molecule has 1 aliphatic heterocycles. The summed E-state index contributed by atoms with van der Waals surface area (Å²) in [6.45, 7) is 0.110. The Balaban J connectivity index is 1.72. The third-order valence-corrected chi connectivity index (χ3v) is 7.86. The Morgan fingerprint density at radius 3 is 2.65 bits per heavy atom. The van der Waals surface area contributed by atoms with Gasteiger partial charge in [0.25, 0.3) is 0 Å². The number of rotatable bonds is 5. The van der Waals surface area contributed by atoms with Gasteiger partial charge < -0.3 is 20.2 Å². The molecule has 1 atom stereocenters. The van der Waals surface area contributed by atoms with Crippen molar-refractivity contribution in [1.82, 2.24) is 14.3 Å². The van der Waals surface area contributed by atoms with Crippen molar-refractivity contribution in [2.75, 3.05) is 13.2 Å². The molecule has 1 aliphatic rings. The normalized spacial score (nSPS) is 17.6. The number of aromatic hydroxyl groups is 1. The third kappa shape index (κ3) is 2.94. The second-order valence-electron chi connectivity index (χ2n) is 7.64. The Morgan fingerprint density at radius 1 is 1.10 bits per heavy atom. The summed E-state index contributed by atoms with van der Waals surface area (Å²) >= 11 is 0. The van der Waals surface area contributed by atoms with Gasteiger partial charge in [-0.3, -0.25) is 0 Å². The molecule has 1 fully saturated rings. The van der Waals surface area contributed by atoms with E-state index in [1.807, 2.05) is 6.07 Å². The summed E-state index contributed by atoms with van der Waals surface area (Å²) in [4.78, 5) is 17.6.